The highest BCUT2D eigenvalue weighted by Gasteiger charge is 2.32. The minimum Gasteiger partial charge on any atom is -0.467 e. The molecule has 1 aliphatic carbocycles. The smallest absolute Gasteiger partial charge is 0.328 e. The molecule has 4 rings (SSSR count). The zero-order chi connectivity index (χ0) is 33.5. The van der Waals surface area contributed by atoms with Gasteiger partial charge in [-0.2, -0.15) is 0 Å². The Bertz CT molecular complexity index is 1670. The van der Waals surface area contributed by atoms with Crippen molar-refractivity contribution in [2.24, 2.45) is 5.92 Å². The second-order valence-electron chi connectivity index (χ2n) is 11.6. The summed E-state index contributed by atoms with van der Waals surface area (Å²) < 4.78 is 5.89. The lowest BCUT2D eigenvalue weighted by atomic mass is 9.83. The number of fused-ring (bicyclic) bond motifs is 2. The molecule has 1 aliphatic rings. The zero-order valence-corrected chi connectivity index (χ0v) is 28.2. The lowest BCUT2D eigenvalue weighted by Gasteiger charge is -2.26. The summed E-state index contributed by atoms with van der Waals surface area (Å²) in [5.74, 6) is -2.78. The van der Waals surface area contributed by atoms with Crippen LogP contribution in [-0.4, -0.2) is 60.5 Å². The molecule has 11 heteroatoms. The van der Waals surface area contributed by atoms with Gasteiger partial charge >= 0.3 is 5.97 Å². The minimum atomic E-state index is -1.11. The van der Waals surface area contributed by atoms with Gasteiger partial charge in [-0.1, -0.05) is 62.4 Å². The van der Waals surface area contributed by atoms with Gasteiger partial charge in [-0.05, 0) is 64.3 Å². The van der Waals surface area contributed by atoms with Gasteiger partial charge in [-0.15, -0.1) is 0 Å². The molecule has 3 aromatic rings. The number of esters is 1. The Morgan fingerprint density at radius 1 is 0.696 bits per heavy atom. The normalized spacial score (nSPS) is 14.0. The molecular weight excluding hydrogens is 701 g/mol. The van der Waals surface area contributed by atoms with Crippen LogP contribution < -0.4 is 16.0 Å². The number of ketones is 2. The molecular formula is C35H36IN3O7. The van der Waals surface area contributed by atoms with E-state index in [9.17, 15) is 28.8 Å². The molecule has 3 N–H and O–H groups in total. The van der Waals surface area contributed by atoms with Crippen LogP contribution in [0.3, 0.4) is 0 Å². The molecule has 0 saturated carbocycles. The highest BCUT2D eigenvalue weighted by molar-refractivity contribution is 14.1. The standard InChI is InChI=1S/C35H36IN3O7/c1-19(2)15-30(35(45)46-4)39-34(44)29(17-21-9-12-23(36)13-10-21)38-33(43)28(37-20(3)40)18-22-11-14-26-27(16-22)32(42)25-8-6-5-7-24(25)31(26)41/h5-14,16,19,28-30H,15,17-18H2,1-4H3,(H,37,40)(H,38,43)(H,39,44)/t28-,29+,30+/m1/s1. The Balaban J connectivity index is 1.59. The number of carbonyl (C=O) groups is 6. The van der Waals surface area contributed by atoms with Crippen molar-refractivity contribution < 1.29 is 33.5 Å². The van der Waals surface area contributed by atoms with Crippen LogP contribution >= 0.6 is 22.6 Å². The predicted octanol–water partition coefficient (Wildman–Crippen LogP) is 3.55. The Labute approximate surface area is 281 Å². The number of ether oxygens (including phenoxy) is 1. The van der Waals surface area contributed by atoms with E-state index in [4.69, 9.17) is 4.74 Å². The third kappa shape index (κ3) is 8.45. The molecule has 0 unspecified atom stereocenters. The van der Waals surface area contributed by atoms with Crippen LogP contribution in [0.1, 0.15) is 70.2 Å². The van der Waals surface area contributed by atoms with E-state index in [-0.39, 0.29) is 41.5 Å². The maximum absolute atomic E-state index is 13.7. The zero-order valence-electron chi connectivity index (χ0n) is 26.0. The number of hydrogen-bond acceptors (Lipinski definition) is 7. The first-order valence-corrected chi connectivity index (χ1v) is 16.0. The third-order valence-corrected chi connectivity index (χ3v) is 8.34. The number of nitrogens with one attached hydrogen (secondary N) is 3. The Hall–Kier alpha value is -4.39. The quantitative estimate of drug-likeness (QED) is 0.149. The number of halogens is 1. The summed E-state index contributed by atoms with van der Waals surface area (Å²) in [4.78, 5) is 78.3. The van der Waals surface area contributed by atoms with Crippen molar-refractivity contribution in [2.75, 3.05) is 7.11 Å². The summed E-state index contributed by atoms with van der Waals surface area (Å²) in [6, 6.07) is 15.7. The fourth-order valence-electron chi connectivity index (χ4n) is 5.40. The van der Waals surface area contributed by atoms with Gasteiger partial charge in [0.05, 0.1) is 7.11 Å². The van der Waals surface area contributed by atoms with Crippen molar-refractivity contribution in [3.63, 3.8) is 0 Å². The first kappa shape index (κ1) is 34.5. The molecule has 0 spiro atoms. The van der Waals surface area contributed by atoms with Crippen LogP contribution in [-0.2, 0) is 36.8 Å². The first-order chi connectivity index (χ1) is 21.9. The molecule has 10 nitrogen and oxygen atoms in total. The third-order valence-electron chi connectivity index (χ3n) is 7.62. The number of rotatable bonds is 12. The van der Waals surface area contributed by atoms with E-state index in [0.29, 0.717) is 23.1 Å². The van der Waals surface area contributed by atoms with Crippen LogP contribution in [0.2, 0.25) is 0 Å². The van der Waals surface area contributed by atoms with Gasteiger partial charge in [0.15, 0.2) is 11.6 Å². The van der Waals surface area contributed by atoms with Crippen LogP contribution in [0.25, 0.3) is 0 Å². The van der Waals surface area contributed by atoms with Crippen molar-refractivity contribution >= 4 is 57.8 Å². The molecule has 3 amide bonds. The number of hydrogen-bond donors (Lipinski definition) is 3. The average Bonchev–Trinajstić information content (AvgIpc) is 3.02. The van der Waals surface area contributed by atoms with Crippen molar-refractivity contribution in [2.45, 2.75) is 58.2 Å². The number of amides is 3. The fourth-order valence-corrected chi connectivity index (χ4v) is 5.76. The summed E-state index contributed by atoms with van der Waals surface area (Å²) in [5.41, 5.74) is 2.44. The molecule has 0 heterocycles. The van der Waals surface area contributed by atoms with Crippen LogP contribution in [0, 0.1) is 9.49 Å². The van der Waals surface area contributed by atoms with Crippen molar-refractivity contribution in [3.05, 3.63) is 104 Å². The average molecular weight is 738 g/mol. The largest absolute Gasteiger partial charge is 0.467 e. The number of methoxy groups -OCH3 is 1. The molecule has 240 valence electrons. The van der Waals surface area contributed by atoms with Crippen LogP contribution in [0.15, 0.2) is 66.7 Å². The lowest BCUT2D eigenvalue weighted by Crippen LogP contribution is -2.57. The molecule has 3 aromatic carbocycles. The van der Waals surface area contributed by atoms with Gasteiger partial charge in [0.1, 0.15) is 18.1 Å². The van der Waals surface area contributed by atoms with Gasteiger partial charge in [0.25, 0.3) is 0 Å². The van der Waals surface area contributed by atoms with E-state index in [1.807, 2.05) is 38.1 Å². The number of benzene rings is 3. The molecule has 3 atom stereocenters. The molecule has 0 aromatic heterocycles. The summed E-state index contributed by atoms with van der Waals surface area (Å²) in [6.45, 7) is 5.09. The van der Waals surface area contributed by atoms with E-state index >= 15 is 0 Å². The minimum absolute atomic E-state index is 0.0161. The molecule has 0 aliphatic heterocycles. The fraction of sp³-hybridized carbons (Fsp3) is 0.314. The predicted molar refractivity (Wildman–Crippen MR) is 179 cm³/mol. The molecule has 46 heavy (non-hydrogen) atoms. The van der Waals surface area contributed by atoms with Crippen molar-refractivity contribution in [1.82, 2.24) is 16.0 Å². The van der Waals surface area contributed by atoms with E-state index in [1.165, 1.54) is 14.0 Å². The second kappa shape index (κ2) is 15.3. The Morgan fingerprint density at radius 3 is 1.76 bits per heavy atom. The maximum atomic E-state index is 13.7. The van der Waals surface area contributed by atoms with Gasteiger partial charge in [0, 0.05) is 45.6 Å². The van der Waals surface area contributed by atoms with Crippen molar-refractivity contribution in [3.8, 4) is 0 Å². The maximum Gasteiger partial charge on any atom is 0.328 e. The van der Waals surface area contributed by atoms with Gasteiger partial charge in [0.2, 0.25) is 17.7 Å². The van der Waals surface area contributed by atoms with Crippen molar-refractivity contribution in [1.29, 1.82) is 0 Å². The van der Waals surface area contributed by atoms with Crippen LogP contribution in [0.5, 0.6) is 0 Å². The highest BCUT2D eigenvalue weighted by Crippen LogP contribution is 2.28. The van der Waals surface area contributed by atoms with E-state index in [1.54, 1.807) is 42.5 Å². The molecule has 0 radical (unpaired) electrons. The topological polar surface area (TPSA) is 148 Å². The van der Waals surface area contributed by atoms with Gasteiger partial charge < -0.3 is 20.7 Å². The van der Waals surface area contributed by atoms with Gasteiger partial charge in [-0.3, -0.25) is 24.0 Å². The van der Waals surface area contributed by atoms with E-state index < -0.39 is 41.8 Å². The Kier molecular flexibility index (Phi) is 11.4. The monoisotopic (exact) mass is 737 g/mol. The molecule has 0 fully saturated rings. The first-order valence-electron chi connectivity index (χ1n) is 14.9. The highest BCUT2D eigenvalue weighted by atomic mass is 127. The van der Waals surface area contributed by atoms with E-state index in [0.717, 1.165) is 9.13 Å². The van der Waals surface area contributed by atoms with E-state index in [2.05, 4.69) is 38.5 Å². The summed E-state index contributed by atoms with van der Waals surface area (Å²) in [7, 11) is 1.24. The lowest BCUT2D eigenvalue weighted by molar-refractivity contribution is -0.146. The summed E-state index contributed by atoms with van der Waals surface area (Å²) in [6.07, 6.45) is 0.435. The molecule has 0 bridgehead atoms. The van der Waals surface area contributed by atoms with Crippen LogP contribution in [0.4, 0.5) is 0 Å². The Morgan fingerprint density at radius 2 is 1.20 bits per heavy atom. The van der Waals surface area contributed by atoms with Gasteiger partial charge in [-0.25, -0.2) is 4.79 Å². The molecule has 0 saturated heterocycles. The summed E-state index contributed by atoms with van der Waals surface area (Å²) in [5, 5.41) is 8.15. The SMILES string of the molecule is COC(=O)[C@H](CC(C)C)NC(=O)[C@H](Cc1ccc(I)cc1)NC(=O)[C@@H](Cc1ccc2c(c1)C(=O)c1ccccc1C2=O)NC(C)=O. The second-order valence-corrected chi connectivity index (χ2v) is 12.9. The number of carbonyl (C=O) groups excluding carboxylic acids is 6. The summed E-state index contributed by atoms with van der Waals surface area (Å²) >= 11 is 2.17.